The Balaban J connectivity index is 1.90. The molecule has 0 fully saturated rings. The van der Waals surface area contributed by atoms with E-state index in [9.17, 15) is 31.1 Å². The number of carbonyl (C=O) groups excluding carboxylic acids is 1. The van der Waals surface area contributed by atoms with E-state index in [2.05, 4.69) is 25.4 Å². The second kappa shape index (κ2) is 7.96. The van der Waals surface area contributed by atoms with Gasteiger partial charge in [-0.05, 0) is 37.6 Å². The van der Waals surface area contributed by atoms with Crippen molar-refractivity contribution in [1.29, 1.82) is 0 Å². The van der Waals surface area contributed by atoms with E-state index in [-0.39, 0.29) is 17.8 Å². The number of aryl methyl sites for hydroxylation is 1. The standard InChI is InChI=1S/C18H14F6N6O/c1-9-6-25-16(26-7-9)30-14(27-8-28-30)10(2)29-15(31)11-3-12(17(19,20)21)5-13(4-11)18(22,23)24/h3-8,10H,1-2H3,(H,29,31)/t10-/m0/s1. The summed E-state index contributed by atoms with van der Waals surface area (Å²) in [6.45, 7) is 3.20. The highest BCUT2D eigenvalue weighted by Crippen LogP contribution is 2.36. The number of nitrogens with one attached hydrogen (secondary N) is 1. The van der Waals surface area contributed by atoms with Crippen LogP contribution in [0.3, 0.4) is 0 Å². The Labute approximate surface area is 171 Å². The van der Waals surface area contributed by atoms with Crippen molar-refractivity contribution in [3.05, 3.63) is 65.0 Å². The summed E-state index contributed by atoms with van der Waals surface area (Å²) >= 11 is 0. The molecular formula is C18H14F6N6O. The molecule has 1 aromatic carbocycles. The fraction of sp³-hybridized carbons (Fsp3) is 0.278. The van der Waals surface area contributed by atoms with Crippen molar-refractivity contribution in [3.8, 4) is 5.95 Å². The minimum absolute atomic E-state index is 0.0500. The van der Waals surface area contributed by atoms with Crippen LogP contribution in [-0.2, 0) is 12.4 Å². The second-order valence-electron chi connectivity index (χ2n) is 6.58. The molecule has 164 valence electrons. The highest BCUT2D eigenvalue weighted by atomic mass is 19.4. The van der Waals surface area contributed by atoms with Crippen LogP contribution in [0.15, 0.2) is 36.9 Å². The molecule has 0 spiro atoms. The van der Waals surface area contributed by atoms with Crippen LogP contribution in [0, 0.1) is 6.92 Å². The summed E-state index contributed by atoms with van der Waals surface area (Å²) in [7, 11) is 0. The minimum atomic E-state index is -5.06. The highest BCUT2D eigenvalue weighted by Gasteiger charge is 2.37. The monoisotopic (exact) mass is 444 g/mol. The van der Waals surface area contributed by atoms with E-state index in [1.54, 1.807) is 6.92 Å². The van der Waals surface area contributed by atoms with Gasteiger partial charge in [-0.3, -0.25) is 4.79 Å². The predicted octanol–water partition coefficient (Wildman–Crippen LogP) is 3.89. The Morgan fingerprint density at radius 1 is 0.968 bits per heavy atom. The summed E-state index contributed by atoms with van der Waals surface area (Å²) in [6.07, 6.45) is -5.96. The summed E-state index contributed by atoms with van der Waals surface area (Å²) in [5.74, 6) is -0.902. The molecule has 31 heavy (non-hydrogen) atoms. The van der Waals surface area contributed by atoms with E-state index >= 15 is 0 Å². The van der Waals surface area contributed by atoms with Gasteiger partial charge in [-0.25, -0.2) is 15.0 Å². The van der Waals surface area contributed by atoms with E-state index < -0.39 is 41.0 Å². The number of benzene rings is 1. The third kappa shape index (κ3) is 4.98. The van der Waals surface area contributed by atoms with Crippen LogP contribution in [0.2, 0.25) is 0 Å². The number of amides is 1. The number of carbonyl (C=O) groups is 1. The van der Waals surface area contributed by atoms with Gasteiger partial charge in [0.15, 0.2) is 5.82 Å². The third-order valence-corrected chi connectivity index (χ3v) is 4.12. The molecule has 3 aromatic rings. The molecular weight excluding hydrogens is 430 g/mol. The predicted molar refractivity (Wildman–Crippen MR) is 94.0 cm³/mol. The second-order valence-corrected chi connectivity index (χ2v) is 6.58. The molecule has 0 saturated heterocycles. The maximum Gasteiger partial charge on any atom is 0.416 e. The zero-order valence-electron chi connectivity index (χ0n) is 16.0. The van der Waals surface area contributed by atoms with Crippen LogP contribution in [-0.4, -0.2) is 30.6 Å². The number of aromatic nitrogens is 5. The molecule has 0 unspecified atom stereocenters. The maximum atomic E-state index is 13.0. The van der Waals surface area contributed by atoms with Crippen molar-refractivity contribution in [2.75, 3.05) is 0 Å². The number of rotatable bonds is 4. The van der Waals surface area contributed by atoms with Crippen molar-refractivity contribution in [2.45, 2.75) is 32.2 Å². The quantitative estimate of drug-likeness (QED) is 0.617. The Hall–Kier alpha value is -3.51. The molecule has 0 radical (unpaired) electrons. The lowest BCUT2D eigenvalue weighted by atomic mass is 10.0. The Kier molecular flexibility index (Phi) is 5.70. The molecule has 0 aliphatic carbocycles. The molecule has 13 heteroatoms. The van der Waals surface area contributed by atoms with Gasteiger partial charge in [0.1, 0.15) is 6.33 Å². The van der Waals surface area contributed by atoms with Crippen molar-refractivity contribution in [1.82, 2.24) is 30.0 Å². The van der Waals surface area contributed by atoms with Gasteiger partial charge >= 0.3 is 12.4 Å². The van der Waals surface area contributed by atoms with Gasteiger partial charge in [0.25, 0.3) is 11.9 Å². The first-order chi connectivity index (χ1) is 14.4. The average molecular weight is 444 g/mol. The lowest BCUT2D eigenvalue weighted by molar-refractivity contribution is -0.143. The number of hydrogen-bond acceptors (Lipinski definition) is 5. The number of nitrogens with zero attached hydrogens (tertiary/aromatic N) is 5. The van der Waals surface area contributed by atoms with Crippen molar-refractivity contribution >= 4 is 5.91 Å². The van der Waals surface area contributed by atoms with Gasteiger partial charge in [-0.1, -0.05) is 0 Å². The molecule has 2 heterocycles. The van der Waals surface area contributed by atoms with E-state index in [1.807, 2.05) is 0 Å². The molecule has 7 nitrogen and oxygen atoms in total. The van der Waals surface area contributed by atoms with E-state index in [0.717, 1.165) is 11.9 Å². The summed E-state index contributed by atoms with van der Waals surface area (Å²) in [4.78, 5) is 24.6. The number of halogens is 6. The molecule has 1 N–H and O–H groups in total. The molecule has 0 saturated carbocycles. The fourth-order valence-corrected chi connectivity index (χ4v) is 2.63. The Morgan fingerprint density at radius 3 is 2.03 bits per heavy atom. The van der Waals surface area contributed by atoms with Gasteiger partial charge in [-0.2, -0.15) is 36.1 Å². The number of hydrogen-bond donors (Lipinski definition) is 1. The van der Waals surface area contributed by atoms with Gasteiger partial charge < -0.3 is 5.32 Å². The van der Waals surface area contributed by atoms with Crippen molar-refractivity contribution in [3.63, 3.8) is 0 Å². The third-order valence-electron chi connectivity index (χ3n) is 4.12. The molecule has 3 rings (SSSR count). The molecule has 1 atom stereocenters. The number of alkyl halides is 6. The van der Waals surface area contributed by atoms with E-state index in [0.29, 0.717) is 12.1 Å². The van der Waals surface area contributed by atoms with Gasteiger partial charge in [0.2, 0.25) is 0 Å². The van der Waals surface area contributed by atoms with Crippen LogP contribution in [0.25, 0.3) is 5.95 Å². The van der Waals surface area contributed by atoms with Crippen molar-refractivity contribution < 1.29 is 31.1 Å². The fourth-order valence-electron chi connectivity index (χ4n) is 2.63. The Bertz CT molecular complexity index is 1060. The van der Waals surface area contributed by atoms with Crippen LogP contribution < -0.4 is 5.32 Å². The summed E-state index contributed by atoms with van der Waals surface area (Å²) in [6, 6.07) is -0.286. The molecule has 2 aromatic heterocycles. The molecule has 0 aliphatic heterocycles. The lowest BCUT2D eigenvalue weighted by Gasteiger charge is -2.16. The van der Waals surface area contributed by atoms with E-state index in [1.165, 1.54) is 24.0 Å². The highest BCUT2D eigenvalue weighted by molar-refractivity contribution is 5.94. The molecule has 0 aliphatic rings. The van der Waals surface area contributed by atoms with Crippen LogP contribution in [0.1, 0.15) is 45.8 Å². The minimum Gasteiger partial charge on any atom is -0.342 e. The first-order valence-corrected chi connectivity index (χ1v) is 8.65. The SMILES string of the molecule is Cc1cnc(-n2ncnc2[C@H](C)NC(=O)c2cc(C(F)(F)F)cc(C(F)(F)F)c2)nc1. The maximum absolute atomic E-state index is 13.0. The first kappa shape index (κ1) is 22.2. The zero-order chi connectivity index (χ0) is 23.0. The zero-order valence-corrected chi connectivity index (χ0v) is 16.0. The molecule has 0 bridgehead atoms. The largest absolute Gasteiger partial charge is 0.416 e. The van der Waals surface area contributed by atoms with Crippen molar-refractivity contribution in [2.24, 2.45) is 0 Å². The van der Waals surface area contributed by atoms with Gasteiger partial charge in [-0.15, -0.1) is 0 Å². The Morgan fingerprint density at radius 2 is 1.52 bits per heavy atom. The van der Waals surface area contributed by atoms with Crippen LogP contribution in [0.5, 0.6) is 0 Å². The first-order valence-electron chi connectivity index (χ1n) is 8.65. The topological polar surface area (TPSA) is 85.6 Å². The smallest absolute Gasteiger partial charge is 0.342 e. The summed E-state index contributed by atoms with van der Waals surface area (Å²) in [5, 5.41) is 6.27. The molecule has 1 amide bonds. The van der Waals surface area contributed by atoms with Gasteiger partial charge in [0, 0.05) is 18.0 Å². The lowest BCUT2D eigenvalue weighted by Crippen LogP contribution is -2.29. The van der Waals surface area contributed by atoms with Crippen LogP contribution in [0.4, 0.5) is 26.3 Å². The summed E-state index contributed by atoms with van der Waals surface area (Å²) in [5.41, 5.74) is -3.20. The summed E-state index contributed by atoms with van der Waals surface area (Å²) < 4.78 is 79.3. The average Bonchev–Trinajstić information content (AvgIpc) is 3.16. The van der Waals surface area contributed by atoms with Crippen LogP contribution >= 0.6 is 0 Å². The normalized spacial score (nSPS) is 13.2. The van der Waals surface area contributed by atoms with E-state index in [4.69, 9.17) is 0 Å². The van der Waals surface area contributed by atoms with Gasteiger partial charge in [0.05, 0.1) is 17.2 Å².